The predicted octanol–water partition coefficient (Wildman–Crippen LogP) is 4.01. The lowest BCUT2D eigenvalue weighted by Gasteiger charge is -2.58. The molecule has 0 spiro atoms. The summed E-state index contributed by atoms with van der Waals surface area (Å²) in [4.78, 5) is 5.05. The van der Waals surface area contributed by atoms with Gasteiger partial charge >= 0.3 is 0 Å². The second-order valence-corrected chi connectivity index (χ2v) is 14.5. The Morgan fingerprint density at radius 1 is 1.03 bits per heavy atom. The van der Waals surface area contributed by atoms with E-state index in [1.165, 1.54) is 49.8 Å². The van der Waals surface area contributed by atoms with Crippen LogP contribution in [0.1, 0.15) is 91.9 Å². The standard InChI is InChI=1S/C32H51NO6/c1-17-5-10-25(33-17)18(2)22-8-9-23-21-7-6-19-15-20(11-13-31(19,3)24(21)12-14-32(22,23)4)38-30-29(37)28(36)27(35)26(16-34)39-30/h6,18,20-30,34-37H,5,7-16H2,1-4H3/t18-,20-,21-,22-,23-,24+,25+,26-,27-,28+,29-,30-,31-,32-/m0/s1. The third-order valence-electron chi connectivity index (χ3n) is 12.7. The van der Waals surface area contributed by atoms with Gasteiger partial charge in [0, 0.05) is 5.71 Å². The molecule has 4 fully saturated rings. The molecule has 0 radical (unpaired) electrons. The average molecular weight is 546 g/mol. The Labute approximate surface area is 234 Å². The fourth-order valence-corrected chi connectivity index (χ4v) is 10.4. The highest BCUT2D eigenvalue weighted by Gasteiger charge is 2.60. The van der Waals surface area contributed by atoms with Crippen molar-refractivity contribution >= 4 is 5.71 Å². The first kappa shape index (κ1) is 28.3. The number of aliphatic hydroxyl groups excluding tert-OH is 4. The largest absolute Gasteiger partial charge is 0.394 e. The number of aliphatic hydroxyl groups is 4. The van der Waals surface area contributed by atoms with Crippen LogP contribution < -0.4 is 0 Å². The Hall–Kier alpha value is -0.830. The van der Waals surface area contributed by atoms with Crippen LogP contribution in [0.4, 0.5) is 0 Å². The molecule has 6 rings (SSSR count). The minimum atomic E-state index is -1.40. The second kappa shape index (κ2) is 10.5. The van der Waals surface area contributed by atoms with Gasteiger partial charge in [0.2, 0.25) is 0 Å². The third-order valence-corrected chi connectivity index (χ3v) is 12.7. The first-order chi connectivity index (χ1) is 18.6. The van der Waals surface area contributed by atoms with Crippen molar-refractivity contribution in [1.82, 2.24) is 0 Å². The average Bonchev–Trinajstić information content (AvgIpc) is 3.51. The van der Waals surface area contributed by atoms with Gasteiger partial charge in [-0.2, -0.15) is 0 Å². The van der Waals surface area contributed by atoms with Gasteiger partial charge in [-0.05, 0) is 112 Å². The molecule has 220 valence electrons. The van der Waals surface area contributed by atoms with Crippen LogP contribution in [-0.4, -0.2) is 75.6 Å². The van der Waals surface area contributed by atoms with E-state index < -0.39 is 37.3 Å². The highest BCUT2D eigenvalue weighted by atomic mass is 16.7. The molecule has 4 N–H and O–H groups in total. The Kier molecular flexibility index (Phi) is 7.59. The van der Waals surface area contributed by atoms with E-state index in [9.17, 15) is 20.4 Å². The Morgan fingerprint density at radius 3 is 2.54 bits per heavy atom. The maximum absolute atomic E-state index is 10.5. The summed E-state index contributed by atoms with van der Waals surface area (Å²) in [7, 11) is 0. The van der Waals surface area contributed by atoms with E-state index in [4.69, 9.17) is 14.5 Å². The van der Waals surface area contributed by atoms with Crippen LogP contribution >= 0.6 is 0 Å². The molecule has 2 aliphatic heterocycles. The molecule has 0 bridgehead atoms. The van der Waals surface area contributed by atoms with Gasteiger partial charge in [0.15, 0.2) is 6.29 Å². The minimum Gasteiger partial charge on any atom is -0.394 e. The molecule has 39 heavy (non-hydrogen) atoms. The van der Waals surface area contributed by atoms with Gasteiger partial charge in [-0.15, -0.1) is 0 Å². The summed E-state index contributed by atoms with van der Waals surface area (Å²) in [6.07, 6.45) is 8.03. The topological polar surface area (TPSA) is 112 Å². The van der Waals surface area contributed by atoms with Gasteiger partial charge < -0.3 is 29.9 Å². The van der Waals surface area contributed by atoms with Crippen LogP contribution in [0.2, 0.25) is 0 Å². The monoisotopic (exact) mass is 545 g/mol. The maximum atomic E-state index is 10.5. The van der Waals surface area contributed by atoms with E-state index in [1.54, 1.807) is 0 Å². The molecule has 4 aliphatic carbocycles. The summed E-state index contributed by atoms with van der Waals surface area (Å²) in [6.45, 7) is 9.38. The van der Waals surface area contributed by atoms with Crippen LogP contribution in [0.5, 0.6) is 0 Å². The van der Waals surface area contributed by atoms with Gasteiger partial charge in [-0.1, -0.05) is 32.4 Å². The summed E-state index contributed by atoms with van der Waals surface area (Å²) in [5.41, 5.74) is 3.46. The highest BCUT2D eigenvalue weighted by Crippen LogP contribution is 2.67. The summed E-state index contributed by atoms with van der Waals surface area (Å²) < 4.78 is 11.9. The molecule has 7 nitrogen and oxygen atoms in total. The molecule has 0 aromatic heterocycles. The van der Waals surface area contributed by atoms with Crippen molar-refractivity contribution < 1.29 is 29.9 Å². The lowest BCUT2D eigenvalue weighted by molar-refractivity contribution is -0.313. The van der Waals surface area contributed by atoms with Crippen molar-refractivity contribution in [2.24, 2.45) is 45.4 Å². The third kappa shape index (κ3) is 4.58. The molecule has 6 aliphatic rings. The van der Waals surface area contributed by atoms with Crippen molar-refractivity contribution in [2.45, 2.75) is 135 Å². The van der Waals surface area contributed by atoms with E-state index in [0.29, 0.717) is 23.3 Å². The van der Waals surface area contributed by atoms with Gasteiger partial charge in [0.25, 0.3) is 0 Å². The summed E-state index contributed by atoms with van der Waals surface area (Å²) in [6, 6.07) is 0.526. The molecule has 2 heterocycles. The van der Waals surface area contributed by atoms with E-state index in [-0.39, 0.29) is 11.5 Å². The van der Waals surface area contributed by atoms with Crippen LogP contribution in [0, 0.1) is 40.4 Å². The first-order valence-electron chi connectivity index (χ1n) is 15.8. The summed E-state index contributed by atoms with van der Waals surface area (Å²) in [5.74, 6) is 3.72. The molecule has 7 heteroatoms. The number of nitrogens with zero attached hydrogens (tertiary/aromatic N) is 1. The van der Waals surface area contributed by atoms with Crippen LogP contribution in [-0.2, 0) is 9.47 Å². The summed E-state index contributed by atoms with van der Waals surface area (Å²) in [5, 5.41) is 40.3. The molecule has 0 amide bonds. The number of allylic oxidation sites excluding steroid dienone is 1. The van der Waals surface area contributed by atoms with Crippen molar-refractivity contribution in [3.63, 3.8) is 0 Å². The van der Waals surface area contributed by atoms with Gasteiger partial charge in [0.05, 0.1) is 18.8 Å². The number of hydrogen-bond acceptors (Lipinski definition) is 7. The molecule has 1 saturated heterocycles. The highest BCUT2D eigenvalue weighted by molar-refractivity contribution is 5.83. The lowest BCUT2D eigenvalue weighted by Crippen LogP contribution is -2.60. The molecular formula is C32H51NO6. The van der Waals surface area contributed by atoms with E-state index in [1.807, 2.05) is 0 Å². The van der Waals surface area contributed by atoms with Gasteiger partial charge in [-0.3, -0.25) is 4.99 Å². The predicted molar refractivity (Wildman–Crippen MR) is 149 cm³/mol. The maximum Gasteiger partial charge on any atom is 0.186 e. The SMILES string of the molecule is CC1=N[C@@H]([C@@H](C)[C@@H]2CC[C@H]3[C@@H]4CC=C5C[C@@H](O[C@H]6O[C@@H](CO)[C@H](O)[C@@H](O)[C@@H]6O)CC[C@]5(C)[C@@H]4CC[C@@]23C)CC1. The second-order valence-electron chi connectivity index (χ2n) is 14.5. The molecule has 0 aromatic rings. The van der Waals surface area contributed by atoms with Gasteiger partial charge in [-0.25, -0.2) is 0 Å². The number of fused-ring (bicyclic) bond motifs is 5. The molecule has 0 aromatic carbocycles. The normalized spacial score (nSPS) is 52.4. The number of ether oxygens (including phenoxy) is 2. The van der Waals surface area contributed by atoms with E-state index in [0.717, 1.165) is 43.4 Å². The fraction of sp³-hybridized carbons (Fsp3) is 0.906. The zero-order chi connectivity index (χ0) is 27.7. The Balaban J connectivity index is 1.14. The van der Waals surface area contributed by atoms with Crippen LogP contribution in [0.25, 0.3) is 0 Å². The van der Waals surface area contributed by atoms with Crippen molar-refractivity contribution in [3.05, 3.63) is 11.6 Å². The van der Waals surface area contributed by atoms with Crippen molar-refractivity contribution in [2.75, 3.05) is 6.61 Å². The minimum absolute atomic E-state index is 0.108. The van der Waals surface area contributed by atoms with E-state index >= 15 is 0 Å². The Morgan fingerprint density at radius 2 is 1.82 bits per heavy atom. The Bertz CT molecular complexity index is 982. The molecule has 14 atom stereocenters. The summed E-state index contributed by atoms with van der Waals surface area (Å²) >= 11 is 0. The fourth-order valence-electron chi connectivity index (χ4n) is 10.4. The number of aliphatic imine (C=N–C) groups is 1. The van der Waals surface area contributed by atoms with Crippen molar-refractivity contribution in [3.8, 4) is 0 Å². The zero-order valence-corrected chi connectivity index (χ0v) is 24.3. The van der Waals surface area contributed by atoms with Crippen LogP contribution in [0.3, 0.4) is 0 Å². The van der Waals surface area contributed by atoms with E-state index in [2.05, 4.69) is 33.8 Å². The van der Waals surface area contributed by atoms with Gasteiger partial charge in [0.1, 0.15) is 24.4 Å². The first-order valence-corrected chi connectivity index (χ1v) is 15.8. The lowest BCUT2D eigenvalue weighted by atomic mass is 9.47. The number of hydrogen-bond donors (Lipinski definition) is 4. The zero-order valence-electron chi connectivity index (χ0n) is 24.3. The molecule has 3 saturated carbocycles. The number of rotatable bonds is 5. The van der Waals surface area contributed by atoms with Crippen molar-refractivity contribution in [1.29, 1.82) is 0 Å². The molecular weight excluding hydrogens is 494 g/mol. The molecule has 0 unspecified atom stereocenters. The quantitative estimate of drug-likeness (QED) is 0.389. The van der Waals surface area contributed by atoms with Crippen LogP contribution in [0.15, 0.2) is 16.6 Å². The smallest absolute Gasteiger partial charge is 0.186 e.